The highest BCUT2D eigenvalue weighted by Crippen LogP contribution is 2.16. The second-order valence-corrected chi connectivity index (χ2v) is 4.68. The van der Waals surface area contributed by atoms with Crippen molar-refractivity contribution in [1.29, 1.82) is 0 Å². The van der Waals surface area contributed by atoms with Gasteiger partial charge >= 0.3 is 6.03 Å². The summed E-state index contributed by atoms with van der Waals surface area (Å²) in [5, 5.41) is 13.1. The average Bonchev–Trinajstić information content (AvgIpc) is 2.50. The quantitative estimate of drug-likeness (QED) is 0.694. The van der Waals surface area contributed by atoms with Crippen molar-refractivity contribution in [1.82, 2.24) is 4.90 Å². The van der Waals surface area contributed by atoms with Gasteiger partial charge in [-0.1, -0.05) is 18.2 Å². The Labute approximate surface area is 126 Å². The first-order valence-corrected chi connectivity index (χ1v) is 6.47. The van der Waals surface area contributed by atoms with Crippen molar-refractivity contribution in [3.8, 4) is 0 Å². The normalized spacial score (nSPS) is 10.1. The van der Waals surface area contributed by atoms with Crippen LogP contribution in [0.15, 0.2) is 48.5 Å². The largest absolute Gasteiger partial charge is 0.323 e. The van der Waals surface area contributed by atoms with Gasteiger partial charge in [-0.25, -0.2) is 9.18 Å². The second kappa shape index (κ2) is 6.66. The minimum atomic E-state index is -0.518. The van der Waals surface area contributed by atoms with Crippen molar-refractivity contribution in [2.75, 3.05) is 12.4 Å². The molecule has 0 spiro atoms. The highest BCUT2D eigenvalue weighted by atomic mass is 19.1. The molecule has 0 saturated heterocycles. The number of halogens is 1. The van der Waals surface area contributed by atoms with Crippen LogP contribution in [0.3, 0.4) is 0 Å². The molecule has 0 unspecified atom stereocenters. The van der Waals surface area contributed by atoms with Crippen molar-refractivity contribution >= 4 is 17.4 Å². The van der Waals surface area contributed by atoms with E-state index in [0.29, 0.717) is 11.3 Å². The Balaban J connectivity index is 1.99. The number of nitrogens with zero attached hydrogens (tertiary/aromatic N) is 2. The van der Waals surface area contributed by atoms with Crippen molar-refractivity contribution in [2.24, 2.45) is 0 Å². The third-order valence-electron chi connectivity index (χ3n) is 3.04. The first-order valence-electron chi connectivity index (χ1n) is 6.47. The molecule has 0 saturated carbocycles. The lowest BCUT2D eigenvalue weighted by Crippen LogP contribution is -2.31. The molecule has 0 fully saturated rings. The molecule has 0 radical (unpaired) electrons. The maximum Gasteiger partial charge on any atom is 0.321 e. The lowest BCUT2D eigenvalue weighted by Gasteiger charge is -2.18. The van der Waals surface area contributed by atoms with E-state index in [4.69, 9.17) is 0 Å². The molecule has 7 heteroatoms. The Morgan fingerprint density at radius 1 is 1.23 bits per heavy atom. The van der Waals surface area contributed by atoms with Crippen LogP contribution < -0.4 is 5.32 Å². The van der Waals surface area contributed by atoms with E-state index < -0.39 is 11.0 Å². The fourth-order valence-corrected chi connectivity index (χ4v) is 1.84. The summed E-state index contributed by atoms with van der Waals surface area (Å²) in [6, 6.07) is 11.2. The summed E-state index contributed by atoms with van der Waals surface area (Å²) in [4.78, 5) is 23.4. The number of benzene rings is 2. The number of carbonyl (C=O) groups excluding carboxylic acids is 1. The average molecular weight is 303 g/mol. The molecular weight excluding hydrogens is 289 g/mol. The molecule has 1 N–H and O–H groups in total. The van der Waals surface area contributed by atoms with Gasteiger partial charge in [0.25, 0.3) is 5.69 Å². The molecule has 6 nitrogen and oxygen atoms in total. The zero-order valence-electron chi connectivity index (χ0n) is 11.8. The molecule has 0 aliphatic rings. The highest BCUT2D eigenvalue weighted by molar-refractivity contribution is 5.89. The van der Waals surface area contributed by atoms with Gasteiger partial charge in [0, 0.05) is 37.0 Å². The monoisotopic (exact) mass is 303 g/mol. The van der Waals surface area contributed by atoms with Gasteiger partial charge in [0.2, 0.25) is 0 Å². The van der Waals surface area contributed by atoms with Crippen LogP contribution in [-0.2, 0) is 6.54 Å². The highest BCUT2D eigenvalue weighted by Gasteiger charge is 2.12. The molecule has 2 amide bonds. The standard InChI is InChI=1S/C15H14FN3O3/c1-18(10-11-4-2-3-5-14(11)16)15(20)17-12-6-8-13(9-7-12)19(21)22/h2-9H,10H2,1H3,(H,17,20). The van der Waals surface area contributed by atoms with Gasteiger partial charge in [0.05, 0.1) is 4.92 Å². The number of hydrogen-bond donors (Lipinski definition) is 1. The van der Waals surface area contributed by atoms with Crippen LogP contribution in [0.4, 0.5) is 20.6 Å². The number of carbonyl (C=O) groups is 1. The fourth-order valence-electron chi connectivity index (χ4n) is 1.84. The summed E-state index contributed by atoms with van der Waals surface area (Å²) in [5.41, 5.74) is 0.776. The zero-order valence-corrected chi connectivity index (χ0v) is 11.8. The SMILES string of the molecule is CN(Cc1ccccc1F)C(=O)Nc1ccc([N+](=O)[O-])cc1. The van der Waals surface area contributed by atoms with Crippen molar-refractivity contribution in [3.05, 3.63) is 70.0 Å². The molecule has 0 heterocycles. The number of urea groups is 1. The number of non-ortho nitro benzene ring substituents is 1. The molecule has 2 aromatic rings. The second-order valence-electron chi connectivity index (χ2n) is 4.68. The summed E-state index contributed by atoms with van der Waals surface area (Å²) < 4.78 is 13.5. The van der Waals surface area contributed by atoms with Crippen LogP contribution in [0.2, 0.25) is 0 Å². The third kappa shape index (κ3) is 3.78. The van der Waals surface area contributed by atoms with Crippen LogP contribution >= 0.6 is 0 Å². The molecule has 0 aliphatic heterocycles. The van der Waals surface area contributed by atoms with E-state index >= 15 is 0 Å². The van der Waals surface area contributed by atoms with E-state index in [0.717, 1.165) is 0 Å². The number of nitrogens with one attached hydrogen (secondary N) is 1. The molecule has 0 aromatic heterocycles. The van der Waals surface area contributed by atoms with Gasteiger partial charge in [-0.2, -0.15) is 0 Å². The Kier molecular flexibility index (Phi) is 4.67. The molecule has 0 atom stereocenters. The number of rotatable bonds is 4. The summed E-state index contributed by atoms with van der Waals surface area (Å²) in [5.74, 6) is -0.377. The molecule has 22 heavy (non-hydrogen) atoms. The summed E-state index contributed by atoms with van der Waals surface area (Å²) >= 11 is 0. The number of anilines is 1. The van der Waals surface area contributed by atoms with Crippen LogP contribution in [0.1, 0.15) is 5.56 Å². The van der Waals surface area contributed by atoms with E-state index in [9.17, 15) is 19.3 Å². The van der Waals surface area contributed by atoms with E-state index in [2.05, 4.69) is 5.32 Å². The molecule has 0 bridgehead atoms. The van der Waals surface area contributed by atoms with Crippen molar-refractivity contribution in [2.45, 2.75) is 6.54 Å². The summed E-state index contributed by atoms with van der Waals surface area (Å²) in [6.45, 7) is 0.117. The van der Waals surface area contributed by atoms with E-state index in [1.807, 2.05) is 0 Å². The van der Waals surface area contributed by atoms with E-state index in [1.165, 1.54) is 42.3 Å². The topological polar surface area (TPSA) is 75.5 Å². The zero-order chi connectivity index (χ0) is 16.1. The minimum absolute atomic E-state index is 0.0577. The third-order valence-corrected chi connectivity index (χ3v) is 3.04. The Hall–Kier alpha value is -2.96. The van der Waals surface area contributed by atoms with Crippen LogP contribution in [-0.4, -0.2) is 22.9 Å². The summed E-state index contributed by atoms with van der Waals surface area (Å²) in [7, 11) is 1.53. The van der Waals surface area contributed by atoms with Gasteiger partial charge in [-0.05, 0) is 18.2 Å². The van der Waals surface area contributed by atoms with Crippen LogP contribution in [0.5, 0.6) is 0 Å². The van der Waals surface area contributed by atoms with Gasteiger partial charge in [0.15, 0.2) is 0 Å². The number of amides is 2. The number of nitro groups is 1. The Bertz CT molecular complexity index is 689. The van der Waals surface area contributed by atoms with E-state index in [-0.39, 0.29) is 18.0 Å². The molecule has 114 valence electrons. The predicted molar refractivity (Wildman–Crippen MR) is 80.0 cm³/mol. The molecule has 2 aromatic carbocycles. The predicted octanol–water partition coefficient (Wildman–Crippen LogP) is 3.40. The van der Waals surface area contributed by atoms with Gasteiger partial charge in [-0.15, -0.1) is 0 Å². The van der Waals surface area contributed by atoms with Crippen molar-refractivity contribution in [3.63, 3.8) is 0 Å². The minimum Gasteiger partial charge on any atom is -0.323 e. The fraction of sp³-hybridized carbons (Fsp3) is 0.133. The summed E-state index contributed by atoms with van der Waals surface area (Å²) in [6.07, 6.45) is 0. The molecule has 2 rings (SSSR count). The number of hydrogen-bond acceptors (Lipinski definition) is 3. The van der Waals surface area contributed by atoms with Crippen molar-refractivity contribution < 1.29 is 14.1 Å². The smallest absolute Gasteiger partial charge is 0.321 e. The molecular formula is C15H14FN3O3. The lowest BCUT2D eigenvalue weighted by molar-refractivity contribution is -0.384. The van der Waals surface area contributed by atoms with Gasteiger partial charge in [-0.3, -0.25) is 10.1 Å². The maximum atomic E-state index is 13.5. The van der Waals surface area contributed by atoms with Crippen LogP contribution in [0.25, 0.3) is 0 Å². The maximum absolute atomic E-state index is 13.5. The van der Waals surface area contributed by atoms with Gasteiger partial charge < -0.3 is 10.2 Å². The first kappa shape index (κ1) is 15.4. The first-order chi connectivity index (χ1) is 10.5. The molecule has 0 aliphatic carbocycles. The van der Waals surface area contributed by atoms with Gasteiger partial charge in [0.1, 0.15) is 5.82 Å². The Morgan fingerprint density at radius 3 is 2.45 bits per heavy atom. The van der Waals surface area contributed by atoms with E-state index in [1.54, 1.807) is 18.2 Å². The van der Waals surface area contributed by atoms with Crippen LogP contribution in [0, 0.1) is 15.9 Å². The lowest BCUT2D eigenvalue weighted by atomic mass is 10.2. The number of nitro benzene ring substituents is 1. The Morgan fingerprint density at radius 2 is 1.86 bits per heavy atom.